The predicted octanol–water partition coefficient (Wildman–Crippen LogP) is 0.665. The van der Waals surface area contributed by atoms with Crippen LogP contribution in [-0.2, 0) is 13.6 Å². The monoisotopic (exact) mass is 249 g/mol. The molecule has 0 radical (unpaired) electrons. The number of nitrogens with zero attached hydrogens (tertiary/aromatic N) is 3. The first kappa shape index (κ1) is 12.0. The number of anilines is 1. The van der Waals surface area contributed by atoms with Crippen LogP contribution >= 0.6 is 0 Å². The van der Waals surface area contributed by atoms with Crippen molar-refractivity contribution >= 4 is 11.6 Å². The second-order valence-corrected chi connectivity index (χ2v) is 3.80. The van der Waals surface area contributed by atoms with E-state index in [0.717, 1.165) is 5.69 Å². The quantitative estimate of drug-likeness (QED) is 0.833. The molecule has 1 heterocycles. The molecule has 0 saturated heterocycles. The molecular weight excluding hydrogens is 237 g/mol. The van der Waals surface area contributed by atoms with Crippen molar-refractivity contribution in [3.8, 4) is 0 Å². The van der Waals surface area contributed by atoms with Crippen molar-refractivity contribution < 1.29 is 9.18 Å². The molecule has 0 spiro atoms. The van der Waals surface area contributed by atoms with E-state index in [9.17, 15) is 9.18 Å². The first-order chi connectivity index (χ1) is 8.56. The first-order valence-electron chi connectivity index (χ1n) is 5.24. The molecule has 0 atom stereocenters. The van der Waals surface area contributed by atoms with Gasteiger partial charge in [0.2, 0.25) is 0 Å². The molecule has 0 aliphatic carbocycles. The van der Waals surface area contributed by atoms with E-state index in [0.29, 0.717) is 12.2 Å². The Bertz CT molecular complexity index is 581. The molecule has 1 aromatic carbocycles. The van der Waals surface area contributed by atoms with Crippen LogP contribution in [-0.4, -0.2) is 20.9 Å². The minimum atomic E-state index is -0.796. The lowest BCUT2D eigenvalue weighted by molar-refractivity contribution is 0.0996. The van der Waals surface area contributed by atoms with E-state index in [1.165, 1.54) is 18.2 Å². The smallest absolute Gasteiger partial charge is 0.251 e. The zero-order valence-electron chi connectivity index (χ0n) is 9.72. The topological polar surface area (TPSA) is 85.8 Å². The third kappa shape index (κ3) is 2.62. The fourth-order valence-electron chi connectivity index (χ4n) is 1.49. The third-order valence-corrected chi connectivity index (χ3v) is 2.36. The van der Waals surface area contributed by atoms with Gasteiger partial charge in [-0.05, 0) is 18.2 Å². The van der Waals surface area contributed by atoms with Crippen LogP contribution in [0.5, 0.6) is 0 Å². The van der Waals surface area contributed by atoms with Gasteiger partial charge in [0.25, 0.3) is 5.91 Å². The van der Waals surface area contributed by atoms with Crippen molar-refractivity contribution in [1.82, 2.24) is 15.0 Å². The minimum absolute atomic E-state index is 0.140. The summed E-state index contributed by atoms with van der Waals surface area (Å²) in [6, 6.07) is 4.09. The summed E-state index contributed by atoms with van der Waals surface area (Å²) in [5.74, 6) is -1.43. The van der Waals surface area contributed by atoms with Crippen molar-refractivity contribution in [3.05, 3.63) is 41.5 Å². The van der Waals surface area contributed by atoms with Gasteiger partial charge < -0.3 is 11.1 Å². The number of hydrogen-bond donors (Lipinski definition) is 2. The van der Waals surface area contributed by atoms with Crippen LogP contribution in [0.4, 0.5) is 10.1 Å². The Hall–Kier alpha value is -2.44. The summed E-state index contributed by atoms with van der Waals surface area (Å²) in [4.78, 5) is 11.0. The molecule has 6 nitrogen and oxygen atoms in total. The van der Waals surface area contributed by atoms with Crippen molar-refractivity contribution in [3.63, 3.8) is 0 Å². The van der Waals surface area contributed by atoms with Crippen molar-refractivity contribution in [2.24, 2.45) is 12.8 Å². The van der Waals surface area contributed by atoms with Crippen LogP contribution in [0.2, 0.25) is 0 Å². The van der Waals surface area contributed by atoms with E-state index < -0.39 is 11.7 Å². The lowest BCUT2D eigenvalue weighted by Crippen LogP contribution is -2.13. The number of nitrogens with one attached hydrogen (secondary N) is 1. The summed E-state index contributed by atoms with van der Waals surface area (Å²) < 4.78 is 14.8. The van der Waals surface area contributed by atoms with Gasteiger partial charge in [0.15, 0.2) is 0 Å². The molecule has 0 aliphatic heterocycles. The van der Waals surface area contributed by atoms with Gasteiger partial charge in [0.05, 0.1) is 12.1 Å². The van der Waals surface area contributed by atoms with Crippen LogP contribution in [0.3, 0.4) is 0 Å². The average Bonchev–Trinajstić information content (AvgIpc) is 2.74. The molecule has 0 bridgehead atoms. The lowest BCUT2D eigenvalue weighted by Gasteiger charge is -2.06. The second kappa shape index (κ2) is 4.82. The van der Waals surface area contributed by atoms with Gasteiger partial charge in [-0.3, -0.25) is 9.48 Å². The van der Waals surface area contributed by atoms with Gasteiger partial charge in [0, 0.05) is 18.9 Å². The van der Waals surface area contributed by atoms with E-state index in [4.69, 9.17) is 5.73 Å². The molecule has 0 saturated carbocycles. The average molecular weight is 249 g/mol. The summed E-state index contributed by atoms with van der Waals surface area (Å²) in [7, 11) is 1.76. The predicted molar refractivity (Wildman–Crippen MR) is 63.2 cm³/mol. The lowest BCUT2D eigenvalue weighted by atomic mass is 10.2. The number of halogens is 1. The van der Waals surface area contributed by atoms with Crippen LogP contribution in [0.15, 0.2) is 24.4 Å². The van der Waals surface area contributed by atoms with E-state index in [1.54, 1.807) is 17.9 Å². The number of primary amides is 1. The number of hydrogen-bond acceptors (Lipinski definition) is 4. The molecule has 7 heteroatoms. The molecule has 1 aromatic heterocycles. The third-order valence-electron chi connectivity index (χ3n) is 2.36. The number of rotatable bonds is 4. The Balaban J connectivity index is 2.10. The first-order valence-corrected chi connectivity index (χ1v) is 5.24. The van der Waals surface area contributed by atoms with Crippen LogP contribution in [0.25, 0.3) is 0 Å². The van der Waals surface area contributed by atoms with Gasteiger partial charge in [-0.1, -0.05) is 5.21 Å². The van der Waals surface area contributed by atoms with Gasteiger partial charge in [-0.25, -0.2) is 4.39 Å². The molecule has 18 heavy (non-hydrogen) atoms. The summed E-state index contributed by atoms with van der Waals surface area (Å²) in [5.41, 5.74) is 6.25. The normalized spacial score (nSPS) is 10.3. The minimum Gasteiger partial charge on any atom is -0.379 e. The van der Waals surface area contributed by atoms with Gasteiger partial charge >= 0.3 is 0 Å². The number of benzene rings is 1. The molecule has 0 fully saturated rings. The molecule has 94 valence electrons. The molecular formula is C11H12FN5O. The highest BCUT2D eigenvalue weighted by Crippen LogP contribution is 2.14. The molecule has 1 amide bonds. The summed E-state index contributed by atoms with van der Waals surface area (Å²) in [6.45, 7) is 0.428. The number of carbonyl (C=O) groups excluding carboxylic acids is 1. The molecule has 3 N–H and O–H groups in total. The largest absolute Gasteiger partial charge is 0.379 e. The maximum Gasteiger partial charge on any atom is 0.251 e. The molecule has 2 rings (SSSR count). The Morgan fingerprint density at radius 2 is 2.33 bits per heavy atom. The Morgan fingerprint density at radius 3 is 2.94 bits per heavy atom. The maximum absolute atomic E-state index is 13.2. The zero-order chi connectivity index (χ0) is 13.1. The molecule has 2 aromatic rings. The highest BCUT2D eigenvalue weighted by molar-refractivity contribution is 5.94. The van der Waals surface area contributed by atoms with Gasteiger partial charge in [-0.15, -0.1) is 5.10 Å². The Labute approximate surface area is 103 Å². The zero-order valence-corrected chi connectivity index (χ0v) is 9.72. The van der Waals surface area contributed by atoms with Crippen molar-refractivity contribution in [2.45, 2.75) is 6.54 Å². The van der Waals surface area contributed by atoms with Crippen molar-refractivity contribution in [1.29, 1.82) is 0 Å². The van der Waals surface area contributed by atoms with Crippen LogP contribution in [0, 0.1) is 5.82 Å². The number of carbonyl (C=O) groups is 1. The molecule has 0 aliphatic rings. The molecule has 0 unspecified atom stereocenters. The number of aryl methyl sites for hydroxylation is 1. The highest BCUT2D eigenvalue weighted by Gasteiger charge is 2.09. The van der Waals surface area contributed by atoms with Crippen LogP contribution < -0.4 is 11.1 Å². The van der Waals surface area contributed by atoms with E-state index in [1.807, 2.05) is 0 Å². The summed E-state index contributed by atoms with van der Waals surface area (Å²) >= 11 is 0. The standard InChI is InChI=1S/C11H12FN5O/c1-17-6-8(15-16-17)5-14-7-2-3-10(12)9(4-7)11(13)18/h2-4,6,14H,5H2,1H3,(H2,13,18). The summed E-state index contributed by atoms with van der Waals surface area (Å²) in [6.07, 6.45) is 1.76. The van der Waals surface area contributed by atoms with Crippen molar-refractivity contribution in [2.75, 3.05) is 5.32 Å². The Morgan fingerprint density at radius 1 is 1.56 bits per heavy atom. The fourth-order valence-corrected chi connectivity index (χ4v) is 1.49. The van der Waals surface area contributed by atoms with E-state index >= 15 is 0 Å². The van der Waals surface area contributed by atoms with Gasteiger partial charge in [-0.2, -0.15) is 0 Å². The SMILES string of the molecule is Cn1cc(CNc2ccc(F)c(C(N)=O)c2)nn1. The second-order valence-electron chi connectivity index (χ2n) is 3.80. The highest BCUT2D eigenvalue weighted by atomic mass is 19.1. The van der Waals surface area contributed by atoms with Crippen LogP contribution in [0.1, 0.15) is 16.1 Å². The number of amides is 1. The Kier molecular flexibility index (Phi) is 3.22. The number of aromatic nitrogens is 3. The fraction of sp³-hybridized carbons (Fsp3) is 0.182. The maximum atomic E-state index is 13.2. The number of nitrogens with two attached hydrogens (primary N) is 1. The summed E-state index contributed by atoms with van der Waals surface area (Å²) in [5, 5.41) is 10.7. The van der Waals surface area contributed by atoms with Gasteiger partial charge in [0.1, 0.15) is 11.5 Å². The van der Waals surface area contributed by atoms with E-state index in [2.05, 4.69) is 15.6 Å². The van der Waals surface area contributed by atoms with E-state index in [-0.39, 0.29) is 5.56 Å².